The van der Waals surface area contributed by atoms with Crippen LogP contribution in [0.15, 0.2) is 24.3 Å². The Morgan fingerprint density at radius 1 is 1.42 bits per heavy atom. The molecule has 3 heteroatoms. The van der Waals surface area contributed by atoms with Gasteiger partial charge in [0.1, 0.15) is 12.2 Å². The number of esters is 1. The number of carbonyl (C=O) groups excluding carboxylic acids is 1. The van der Waals surface area contributed by atoms with Gasteiger partial charge in [-0.15, -0.1) is 0 Å². The molecule has 0 bridgehead atoms. The number of ether oxygens (including phenoxy) is 2. The van der Waals surface area contributed by atoms with Gasteiger partial charge in [0.2, 0.25) is 0 Å². The van der Waals surface area contributed by atoms with E-state index in [-0.39, 0.29) is 17.0 Å². The quantitative estimate of drug-likeness (QED) is 0.603. The summed E-state index contributed by atoms with van der Waals surface area (Å²) in [4.78, 5) is 12.2. The Bertz CT molecular complexity index is 473. The fourth-order valence-electron chi connectivity index (χ4n) is 1.94. The molecule has 1 atom stereocenters. The van der Waals surface area contributed by atoms with Crippen LogP contribution < -0.4 is 0 Å². The van der Waals surface area contributed by atoms with Crippen LogP contribution in [0.1, 0.15) is 50.0 Å². The van der Waals surface area contributed by atoms with Crippen molar-refractivity contribution in [1.29, 1.82) is 0 Å². The molecule has 0 saturated carbocycles. The van der Waals surface area contributed by atoms with E-state index in [1.54, 1.807) is 0 Å². The van der Waals surface area contributed by atoms with Gasteiger partial charge in [-0.2, -0.15) is 0 Å². The van der Waals surface area contributed by atoms with Crippen LogP contribution in [0.2, 0.25) is 0 Å². The highest BCUT2D eigenvalue weighted by Gasteiger charge is 2.41. The van der Waals surface area contributed by atoms with E-state index in [0.717, 1.165) is 12.0 Å². The highest BCUT2D eigenvalue weighted by Crippen LogP contribution is 2.31. The molecule has 3 nitrogen and oxygen atoms in total. The average Bonchev–Trinajstić information content (AvgIpc) is 3.14. The van der Waals surface area contributed by atoms with Crippen molar-refractivity contribution in [1.82, 2.24) is 0 Å². The molecule has 1 aromatic carbocycles. The van der Waals surface area contributed by atoms with Gasteiger partial charge >= 0.3 is 5.97 Å². The second kappa shape index (κ2) is 4.97. The molecule has 0 aromatic heterocycles. The third kappa shape index (κ3) is 3.16. The number of benzene rings is 1. The third-order valence-electron chi connectivity index (χ3n) is 3.91. The molecule has 1 aliphatic rings. The van der Waals surface area contributed by atoms with E-state index in [0.29, 0.717) is 18.8 Å². The summed E-state index contributed by atoms with van der Waals surface area (Å²) in [5, 5.41) is 0. The van der Waals surface area contributed by atoms with Gasteiger partial charge in [0.15, 0.2) is 0 Å². The zero-order valence-corrected chi connectivity index (χ0v) is 12.2. The van der Waals surface area contributed by atoms with Crippen molar-refractivity contribution in [2.45, 2.75) is 45.1 Å². The maximum absolute atomic E-state index is 12.2. The zero-order valence-electron chi connectivity index (χ0n) is 12.2. The van der Waals surface area contributed by atoms with E-state index in [1.165, 1.54) is 0 Å². The molecule has 104 valence electrons. The Balaban J connectivity index is 2.17. The van der Waals surface area contributed by atoms with Crippen LogP contribution in [-0.2, 0) is 14.9 Å². The monoisotopic (exact) mass is 262 g/mol. The Hall–Kier alpha value is -1.35. The van der Waals surface area contributed by atoms with Crippen LogP contribution in [0.5, 0.6) is 0 Å². The van der Waals surface area contributed by atoms with Gasteiger partial charge in [-0.1, -0.05) is 39.0 Å². The Labute approximate surface area is 114 Å². The van der Waals surface area contributed by atoms with Gasteiger partial charge < -0.3 is 9.47 Å². The molecule has 1 fully saturated rings. The summed E-state index contributed by atoms with van der Waals surface area (Å²) in [6.45, 7) is 9.35. The first-order chi connectivity index (χ1) is 8.88. The van der Waals surface area contributed by atoms with Crippen molar-refractivity contribution in [3.05, 3.63) is 35.4 Å². The number of hydrogen-bond acceptors (Lipinski definition) is 3. The van der Waals surface area contributed by atoms with E-state index >= 15 is 0 Å². The minimum atomic E-state index is -0.259. The molecular formula is C16H22O3. The van der Waals surface area contributed by atoms with Gasteiger partial charge in [-0.25, -0.2) is 4.79 Å². The SMILES string of the molecule is CCC(C)(C)c1ccccc1C(=O)OCC1(C)CO1. The predicted molar refractivity (Wildman–Crippen MR) is 74.4 cm³/mol. The molecule has 1 aromatic rings. The van der Waals surface area contributed by atoms with Gasteiger partial charge in [0.25, 0.3) is 0 Å². The smallest absolute Gasteiger partial charge is 0.338 e. The van der Waals surface area contributed by atoms with Crippen LogP contribution in [0, 0.1) is 0 Å². The van der Waals surface area contributed by atoms with Crippen molar-refractivity contribution < 1.29 is 14.3 Å². The lowest BCUT2D eigenvalue weighted by atomic mass is 9.80. The molecule has 0 spiro atoms. The van der Waals surface area contributed by atoms with E-state index in [1.807, 2.05) is 31.2 Å². The molecule has 0 radical (unpaired) electrons. The zero-order chi connectivity index (χ0) is 14.1. The summed E-state index contributed by atoms with van der Waals surface area (Å²) < 4.78 is 10.6. The fraction of sp³-hybridized carbons (Fsp3) is 0.562. The Morgan fingerprint density at radius 3 is 2.63 bits per heavy atom. The second-order valence-corrected chi connectivity index (χ2v) is 6.10. The topological polar surface area (TPSA) is 38.8 Å². The first-order valence-electron chi connectivity index (χ1n) is 6.78. The first-order valence-corrected chi connectivity index (χ1v) is 6.78. The number of carbonyl (C=O) groups is 1. The van der Waals surface area contributed by atoms with Crippen LogP contribution in [0.4, 0.5) is 0 Å². The normalized spacial score (nSPS) is 22.1. The molecule has 1 unspecified atom stereocenters. The van der Waals surface area contributed by atoms with Crippen LogP contribution in [0.25, 0.3) is 0 Å². The van der Waals surface area contributed by atoms with Crippen LogP contribution >= 0.6 is 0 Å². The van der Waals surface area contributed by atoms with Crippen molar-refractivity contribution >= 4 is 5.97 Å². The Morgan fingerprint density at radius 2 is 2.05 bits per heavy atom. The minimum Gasteiger partial charge on any atom is -0.459 e. The first kappa shape index (κ1) is 14.1. The van der Waals surface area contributed by atoms with E-state index in [9.17, 15) is 4.79 Å². The Kier molecular flexibility index (Phi) is 3.68. The van der Waals surface area contributed by atoms with Gasteiger partial charge in [0.05, 0.1) is 12.2 Å². The van der Waals surface area contributed by atoms with Gasteiger partial charge in [-0.05, 0) is 30.4 Å². The molecule has 1 saturated heterocycles. The van der Waals surface area contributed by atoms with Gasteiger partial charge in [-0.3, -0.25) is 0 Å². The summed E-state index contributed by atoms with van der Waals surface area (Å²) in [5.41, 5.74) is 1.42. The van der Waals surface area contributed by atoms with Crippen molar-refractivity contribution in [2.75, 3.05) is 13.2 Å². The third-order valence-corrected chi connectivity index (χ3v) is 3.91. The van der Waals surface area contributed by atoms with E-state index in [2.05, 4.69) is 20.8 Å². The maximum atomic E-state index is 12.2. The van der Waals surface area contributed by atoms with Crippen LogP contribution in [0.3, 0.4) is 0 Å². The van der Waals surface area contributed by atoms with Crippen molar-refractivity contribution in [3.63, 3.8) is 0 Å². The summed E-state index contributed by atoms with van der Waals surface area (Å²) >= 11 is 0. The molecule has 0 amide bonds. The maximum Gasteiger partial charge on any atom is 0.338 e. The number of epoxide rings is 1. The van der Waals surface area contributed by atoms with E-state index in [4.69, 9.17) is 9.47 Å². The standard InChI is InChI=1S/C16H22O3/c1-5-15(2,3)13-9-7-6-8-12(13)14(17)18-10-16(4)11-19-16/h6-9H,5,10-11H2,1-4H3. The van der Waals surface area contributed by atoms with E-state index < -0.39 is 0 Å². The van der Waals surface area contributed by atoms with Crippen LogP contribution in [-0.4, -0.2) is 24.8 Å². The molecule has 2 rings (SSSR count). The predicted octanol–water partition coefficient (Wildman–Crippen LogP) is 3.32. The second-order valence-electron chi connectivity index (χ2n) is 6.10. The largest absolute Gasteiger partial charge is 0.459 e. The summed E-state index contributed by atoms with van der Waals surface area (Å²) in [6.07, 6.45) is 0.970. The van der Waals surface area contributed by atoms with Crippen molar-refractivity contribution in [2.24, 2.45) is 0 Å². The number of rotatable bonds is 5. The lowest BCUT2D eigenvalue weighted by Crippen LogP contribution is -2.23. The van der Waals surface area contributed by atoms with Crippen molar-refractivity contribution in [3.8, 4) is 0 Å². The molecule has 0 N–H and O–H groups in total. The summed E-state index contributed by atoms with van der Waals surface area (Å²) in [6, 6.07) is 7.69. The minimum absolute atomic E-state index is 0.0321. The fourth-order valence-corrected chi connectivity index (χ4v) is 1.94. The summed E-state index contributed by atoms with van der Waals surface area (Å²) in [5.74, 6) is -0.256. The molecule has 1 aliphatic heterocycles. The lowest BCUT2D eigenvalue weighted by Gasteiger charge is -2.25. The van der Waals surface area contributed by atoms with Gasteiger partial charge in [0, 0.05) is 0 Å². The molecule has 19 heavy (non-hydrogen) atoms. The number of hydrogen-bond donors (Lipinski definition) is 0. The molecular weight excluding hydrogens is 240 g/mol. The molecule has 0 aliphatic carbocycles. The lowest BCUT2D eigenvalue weighted by molar-refractivity contribution is 0.0408. The average molecular weight is 262 g/mol. The highest BCUT2D eigenvalue weighted by molar-refractivity contribution is 5.91. The summed E-state index contributed by atoms with van der Waals surface area (Å²) in [7, 11) is 0. The molecule has 1 heterocycles. The highest BCUT2D eigenvalue weighted by atomic mass is 16.6.